The Morgan fingerprint density at radius 2 is 2.00 bits per heavy atom. The van der Waals surface area contributed by atoms with Gasteiger partial charge >= 0.3 is 0 Å². The van der Waals surface area contributed by atoms with E-state index in [1.165, 1.54) is 16.7 Å². The Labute approximate surface area is 93.0 Å². The number of benzene rings is 1. The smallest absolute Gasteiger partial charge is 0.233 e. The van der Waals surface area contributed by atoms with E-state index in [1.54, 1.807) is 0 Å². The van der Waals surface area contributed by atoms with Gasteiger partial charge < -0.3 is 0 Å². The average Bonchev–Trinajstić information content (AvgIpc) is 2.20. The molecule has 1 aromatic rings. The number of carbonyl (C=O) groups excluding carboxylic acids is 1. The van der Waals surface area contributed by atoms with E-state index < -0.39 is 0 Å². The van der Waals surface area contributed by atoms with Crippen molar-refractivity contribution in [2.24, 2.45) is 0 Å². The summed E-state index contributed by atoms with van der Waals surface area (Å²) in [5.41, 5.74) is 1.95. The summed E-state index contributed by atoms with van der Waals surface area (Å²) in [5, 5.41) is 8.06. The average molecular weight is 220 g/mol. The van der Waals surface area contributed by atoms with E-state index in [4.69, 9.17) is 5.41 Å². The van der Waals surface area contributed by atoms with Gasteiger partial charge in [-0.15, -0.1) is 0 Å². The fourth-order valence-electron chi connectivity index (χ4n) is 1.48. The number of hydrogen-bond donors (Lipinski definition) is 1. The predicted octanol–water partition coefficient (Wildman–Crippen LogP) is 2.40. The van der Waals surface area contributed by atoms with Crippen molar-refractivity contribution in [3.8, 4) is 0 Å². The molecule has 1 saturated heterocycles. The fraction of sp³-hybridized carbons (Fsp3) is 0.273. The lowest BCUT2D eigenvalue weighted by Gasteiger charge is -2.26. The maximum absolute atomic E-state index is 11.7. The zero-order valence-corrected chi connectivity index (χ0v) is 9.30. The van der Waals surface area contributed by atoms with Gasteiger partial charge in [-0.3, -0.25) is 15.1 Å². The van der Waals surface area contributed by atoms with Crippen LogP contribution in [0.5, 0.6) is 0 Å². The second-order valence-electron chi connectivity index (χ2n) is 3.47. The highest BCUT2D eigenvalue weighted by Gasteiger charge is 2.24. The number of amides is 1. The summed E-state index contributed by atoms with van der Waals surface area (Å²) in [7, 11) is 0. The van der Waals surface area contributed by atoms with E-state index in [0.717, 1.165) is 17.0 Å². The highest BCUT2D eigenvalue weighted by molar-refractivity contribution is 8.14. The van der Waals surface area contributed by atoms with E-state index in [9.17, 15) is 4.79 Å². The number of thioether (sulfide) groups is 1. The van der Waals surface area contributed by atoms with Gasteiger partial charge in [0.1, 0.15) is 0 Å². The Morgan fingerprint density at radius 1 is 1.33 bits per heavy atom. The first kappa shape index (κ1) is 10.2. The van der Waals surface area contributed by atoms with Crippen molar-refractivity contribution in [3.05, 3.63) is 29.8 Å². The molecule has 1 amide bonds. The third kappa shape index (κ3) is 2.04. The minimum absolute atomic E-state index is 0.0163. The van der Waals surface area contributed by atoms with Gasteiger partial charge in [-0.1, -0.05) is 29.5 Å². The van der Waals surface area contributed by atoms with Gasteiger partial charge in [0.15, 0.2) is 5.17 Å². The van der Waals surface area contributed by atoms with Gasteiger partial charge in [-0.25, -0.2) is 0 Å². The minimum atomic E-state index is 0.0163. The van der Waals surface area contributed by atoms with Gasteiger partial charge in [0.2, 0.25) is 5.91 Å². The third-order valence-corrected chi connectivity index (χ3v) is 3.16. The molecule has 4 heteroatoms. The number of amidine groups is 1. The molecule has 1 fully saturated rings. The summed E-state index contributed by atoms with van der Waals surface area (Å²) in [6.45, 7) is 2.00. The van der Waals surface area contributed by atoms with Crippen LogP contribution in [0.2, 0.25) is 0 Å². The summed E-state index contributed by atoms with van der Waals surface area (Å²) in [6, 6.07) is 7.67. The quantitative estimate of drug-likeness (QED) is 0.789. The van der Waals surface area contributed by atoms with Gasteiger partial charge in [-0.05, 0) is 19.1 Å². The SMILES string of the molecule is Cc1ccc(N2C(=N)SCCC2=O)cc1. The highest BCUT2D eigenvalue weighted by atomic mass is 32.2. The van der Waals surface area contributed by atoms with E-state index in [1.807, 2.05) is 31.2 Å². The van der Waals surface area contributed by atoms with Crippen molar-refractivity contribution >= 4 is 28.5 Å². The van der Waals surface area contributed by atoms with Crippen molar-refractivity contribution in [3.63, 3.8) is 0 Å². The summed E-state index contributed by atoms with van der Waals surface area (Å²) in [6.07, 6.45) is 0.515. The van der Waals surface area contributed by atoms with Gasteiger partial charge in [0.05, 0.1) is 5.69 Å². The Bertz CT molecular complexity index is 384. The van der Waals surface area contributed by atoms with E-state index in [-0.39, 0.29) is 5.91 Å². The molecule has 0 aromatic heterocycles. The van der Waals surface area contributed by atoms with Gasteiger partial charge in [-0.2, -0.15) is 0 Å². The normalized spacial score (nSPS) is 17.0. The molecule has 1 N–H and O–H groups in total. The van der Waals surface area contributed by atoms with Crippen LogP contribution in [0.25, 0.3) is 0 Å². The number of nitrogens with zero attached hydrogens (tertiary/aromatic N) is 1. The highest BCUT2D eigenvalue weighted by Crippen LogP contribution is 2.24. The maximum Gasteiger partial charge on any atom is 0.233 e. The maximum atomic E-state index is 11.7. The number of carbonyl (C=O) groups is 1. The zero-order chi connectivity index (χ0) is 10.8. The second-order valence-corrected chi connectivity index (χ2v) is 4.55. The number of anilines is 1. The molecule has 2 rings (SSSR count). The lowest BCUT2D eigenvalue weighted by molar-refractivity contribution is -0.117. The van der Waals surface area contributed by atoms with Crippen LogP contribution in [-0.4, -0.2) is 16.8 Å². The topological polar surface area (TPSA) is 44.2 Å². The first-order chi connectivity index (χ1) is 7.18. The van der Waals surface area contributed by atoms with Crippen molar-refractivity contribution in [1.29, 1.82) is 5.41 Å². The Morgan fingerprint density at radius 3 is 2.60 bits per heavy atom. The summed E-state index contributed by atoms with van der Waals surface area (Å²) >= 11 is 1.42. The Balaban J connectivity index is 2.31. The van der Waals surface area contributed by atoms with E-state index in [2.05, 4.69) is 0 Å². The zero-order valence-electron chi connectivity index (χ0n) is 8.49. The minimum Gasteiger partial charge on any atom is -0.278 e. The van der Waals surface area contributed by atoms with E-state index in [0.29, 0.717) is 11.6 Å². The molecule has 1 aromatic carbocycles. The van der Waals surface area contributed by atoms with Crippen LogP contribution >= 0.6 is 11.8 Å². The standard InChI is InChI=1S/C11H12N2OS/c1-8-2-4-9(5-3-8)13-10(14)6-7-15-11(13)12/h2-5,12H,6-7H2,1H3. The van der Waals surface area contributed by atoms with Crippen LogP contribution in [0.4, 0.5) is 5.69 Å². The predicted molar refractivity (Wildman–Crippen MR) is 63.5 cm³/mol. The molecule has 0 aliphatic carbocycles. The van der Waals surface area contributed by atoms with Gasteiger partial charge in [0.25, 0.3) is 0 Å². The van der Waals surface area contributed by atoms with Crippen LogP contribution in [0.15, 0.2) is 24.3 Å². The molecule has 0 saturated carbocycles. The number of aryl methyl sites for hydroxylation is 1. The molecular formula is C11H12N2OS. The van der Waals surface area contributed by atoms with Crippen molar-refractivity contribution in [2.45, 2.75) is 13.3 Å². The molecule has 0 radical (unpaired) electrons. The molecule has 3 nitrogen and oxygen atoms in total. The first-order valence-corrected chi connectivity index (χ1v) is 5.78. The van der Waals surface area contributed by atoms with Crippen LogP contribution in [0.1, 0.15) is 12.0 Å². The molecule has 78 valence electrons. The van der Waals surface area contributed by atoms with Crippen LogP contribution in [-0.2, 0) is 4.79 Å². The lowest BCUT2D eigenvalue weighted by atomic mass is 10.2. The lowest BCUT2D eigenvalue weighted by Crippen LogP contribution is -2.38. The van der Waals surface area contributed by atoms with Crippen molar-refractivity contribution < 1.29 is 4.79 Å². The molecule has 0 spiro atoms. The monoisotopic (exact) mass is 220 g/mol. The van der Waals surface area contributed by atoms with Crippen LogP contribution in [0.3, 0.4) is 0 Å². The summed E-state index contributed by atoms with van der Waals surface area (Å²) in [5.74, 6) is 0.739. The molecular weight excluding hydrogens is 208 g/mol. The first-order valence-electron chi connectivity index (χ1n) is 4.79. The Hall–Kier alpha value is -1.29. The van der Waals surface area contributed by atoms with E-state index >= 15 is 0 Å². The molecule has 1 aliphatic heterocycles. The summed E-state index contributed by atoms with van der Waals surface area (Å²) in [4.78, 5) is 13.1. The largest absolute Gasteiger partial charge is 0.278 e. The molecule has 0 bridgehead atoms. The molecule has 0 unspecified atom stereocenters. The van der Waals surface area contributed by atoms with Crippen LogP contribution in [0, 0.1) is 12.3 Å². The van der Waals surface area contributed by atoms with Crippen molar-refractivity contribution in [2.75, 3.05) is 10.7 Å². The number of nitrogens with one attached hydrogen (secondary N) is 1. The molecule has 1 heterocycles. The molecule has 0 atom stereocenters. The van der Waals surface area contributed by atoms with Crippen molar-refractivity contribution in [1.82, 2.24) is 0 Å². The second kappa shape index (κ2) is 4.06. The number of rotatable bonds is 1. The summed E-state index contributed by atoms with van der Waals surface area (Å²) < 4.78 is 0. The molecule has 1 aliphatic rings. The third-order valence-electron chi connectivity index (χ3n) is 2.30. The molecule has 15 heavy (non-hydrogen) atoms. The van der Waals surface area contributed by atoms with Gasteiger partial charge in [0, 0.05) is 12.2 Å². The number of hydrogen-bond acceptors (Lipinski definition) is 3. The Kier molecular flexibility index (Phi) is 2.77. The fourth-order valence-corrected chi connectivity index (χ4v) is 2.29. The van der Waals surface area contributed by atoms with Crippen LogP contribution < -0.4 is 4.90 Å².